The van der Waals surface area contributed by atoms with Gasteiger partial charge in [-0.3, -0.25) is 0 Å². The molecule has 0 radical (unpaired) electrons. The predicted molar refractivity (Wildman–Crippen MR) is 63.2 cm³/mol. The van der Waals surface area contributed by atoms with Crippen LogP contribution in [0.25, 0.3) is 0 Å². The molecule has 0 fully saturated rings. The van der Waals surface area contributed by atoms with Crippen LogP contribution < -0.4 is 5.73 Å². The van der Waals surface area contributed by atoms with Crippen molar-refractivity contribution in [2.24, 2.45) is 5.73 Å². The lowest BCUT2D eigenvalue weighted by Gasteiger charge is -2.24. The fourth-order valence-electron chi connectivity index (χ4n) is 1.58. The van der Waals surface area contributed by atoms with E-state index in [1.165, 1.54) is 0 Å². The zero-order chi connectivity index (χ0) is 12.2. The Morgan fingerprint density at radius 2 is 2.25 bits per heavy atom. The Labute approximate surface area is 97.0 Å². The van der Waals surface area contributed by atoms with Crippen molar-refractivity contribution in [2.75, 3.05) is 13.2 Å². The monoisotopic (exact) mass is 226 g/mol. The zero-order valence-corrected chi connectivity index (χ0v) is 10.6. The van der Waals surface area contributed by atoms with E-state index < -0.39 is 5.54 Å². The standard InChI is InChI=1S/C11H22N4O/c1-5-16-7-11(4,12)6-10-13-8-14-15(10)9(2)3/h8-9H,5-7,12H2,1-4H3. The first kappa shape index (κ1) is 13.1. The van der Waals surface area contributed by atoms with E-state index in [-0.39, 0.29) is 0 Å². The minimum Gasteiger partial charge on any atom is -0.380 e. The van der Waals surface area contributed by atoms with Gasteiger partial charge >= 0.3 is 0 Å². The molecule has 0 spiro atoms. The van der Waals surface area contributed by atoms with Gasteiger partial charge in [0, 0.05) is 24.6 Å². The highest BCUT2D eigenvalue weighted by Crippen LogP contribution is 2.12. The molecule has 0 aliphatic rings. The maximum absolute atomic E-state index is 6.16. The van der Waals surface area contributed by atoms with Crippen molar-refractivity contribution in [1.29, 1.82) is 0 Å². The molecule has 0 aromatic carbocycles. The summed E-state index contributed by atoms with van der Waals surface area (Å²) < 4.78 is 7.26. The minimum atomic E-state index is -0.393. The van der Waals surface area contributed by atoms with Crippen molar-refractivity contribution in [3.63, 3.8) is 0 Å². The normalized spacial score (nSPS) is 15.4. The van der Waals surface area contributed by atoms with Crippen LogP contribution >= 0.6 is 0 Å². The van der Waals surface area contributed by atoms with Gasteiger partial charge in [-0.1, -0.05) is 0 Å². The number of hydrogen-bond acceptors (Lipinski definition) is 4. The number of nitrogens with two attached hydrogens (primary N) is 1. The van der Waals surface area contributed by atoms with E-state index in [0.717, 1.165) is 5.82 Å². The lowest BCUT2D eigenvalue weighted by Crippen LogP contribution is -2.44. The molecule has 0 amide bonds. The highest BCUT2D eigenvalue weighted by atomic mass is 16.5. The molecule has 0 saturated carbocycles. The Morgan fingerprint density at radius 3 is 2.81 bits per heavy atom. The second-order valence-corrected chi connectivity index (χ2v) is 4.68. The van der Waals surface area contributed by atoms with E-state index in [1.807, 2.05) is 18.5 Å². The molecule has 0 bridgehead atoms. The van der Waals surface area contributed by atoms with Gasteiger partial charge in [-0.15, -0.1) is 0 Å². The maximum Gasteiger partial charge on any atom is 0.138 e. The molecule has 1 aromatic heterocycles. The highest BCUT2D eigenvalue weighted by Gasteiger charge is 2.22. The lowest BCUT2D eigenvalue weighted by molar-refractivity contribution is 0.0998. The summed E-state index contributed by atoms with van der Waals surface area (Å²) in [6.07, 6.45) is 2.25. The minimum absolute atomic E-state index is 0.306. The highest BCUT2D eigenvalue weighted by molar-refractivity contribution is 4.96. The fourth-order valence-corrected chi connectivity index (χ4v) is 1.58. The predicted octanol–water partition coefficient (Wildman–Crippen LogP) is 1.16. The zero-order valence-electron chi connectivity index (χ0n) is 10.6. The molecule has 0 aliphatic carbocycles. The second-order valence-electron chi connectivity index (χ2n) is 4.68. The van der Waals surface area contributed by atoms with Gasteiger partial charge in [0.2, 0.25) is 0 Å². The van der Waals surface area contributed by atoms with Gasteiger partial charge in [-0.2, -0.15) is 5.10 Å². The van der Waals surface area contributed by atoms with Crippen LogP contribution in [0.1, 0.15) is 39.6 Å². The first-order chi connectivity index (χ1) is 7.46. The van der Waals surface area contributed by atoms with E-state index in [1.54, 1.807) is 6.33 Å². The summed E-state index contributed by atoms with van der Waals surface area (Å²) in [6, 6.07) is 0.306. The molecule has 2 N–H and O–H groups in total. The summed E-state index contributed by atoms with van der Waals surface area (Å²) in [6.45, 7) is 9.32. The van der Waals surface area contributed by atoms with Crippen molar-refractivity contribution < 1.29 is 4.74 Å². The summed E-state index contributed by atoms with van der Waals surface area (Å²) >= 11 is 0. The van der Waals surface area contributed by atoms with Crippen LogP contribution in [0.15, 0.2) is 6.33 Å². The number of hydrogen-bond donors (Lipinski definition) is 1. The summed E-state index contributed by atoms with van der Waals surface area (Å²) in [5, 5.41) is 4.19. The van der Waals surface area contributed by atoms with E-state index >= 15 is 0 Å². The van der Waals surface area contributed by atoms with E-state index in [9.17, 15) is 0 Å². The van der Waals surface area contributed by atoms with Crippen LogP contribution in [-0.2, 0) is 11.2 Å². The molecule has 5 heteroatoms. The Morgan fingerprint density at radius 1 is 1.56 bits per heavy atom. The van der Waals surface area contributed by atoms with E-state index in [4.69, 9.17) is 10.5 Å². The number of ether oxygens (including phenoxy) is 1. The van der Waals surface area contributed by atoms with Crippen LogP contribution in [0.4, 0.5) is 0 Å². The average molecular weight is 226 g/mol. The largest absolute Gasteiger partial charge is 0.380 e. The molecule has 1 aromatic rings. The Bertz CT molecular complexity index is 320. The number of aromatic nitrogens is 3. The summed E-state index contributed by atoms with van der Waals surface area (Å²) in [7, 11) is 0. The van der Waals surface area contributed by atoms with Gasteiger partial charge in [-0.25, -0.2) is 9.67 Å². The Balaban J connectivity index is 2.68. The average Bonchev–Trinajstić information content (AvgIpc) is 2.62. The van der Waals surface area contributed by atoms with Gasteiger partial charge in [0.05, 0.1) is 6.61 Å². The van der Waals surface area contributed by atoms with Gasteiger partial charge in [0.25, 0.3) is 0 Å². The van der Waals surface area contributed by atoms with Crippen molar-refractivity contribution in [2.45, 2.75) is 45.7 Å². The molecule has 0 aliphatic heterocycles. The van der Waals surface area contributed by atoms with Crippen molar-refractivity contribution in [3.8, 4) is 0 Å². The van der Waals surface area contributed by atoms with Crippen molar-refractivity contribution in [1.82, 2.24) is 14.8 Å². The van der Waals surface area contributed by atoms with Crippen LogP contribution in [0.2, 0.25) is 0 Å². The van der Waals surface area contributed by atoms with Gasteiger partial charge in [0.15, 0.2) is 0 Å². The number of rotatable bonds is 6. The van der Waals surface area contributed by atoms with Gasteiger partial charge < -0.3 is 10.5 Å². The molecule has 1 rings (SSSR count). The van der Waals surface area contributed by atoms with Gasteiger partial charge in [-0.05, 0) is 27.7 Å². The first-order valence-corrected chi connectivity index (χ1v) is 5.71. The fraction of sp³-hybridized carbons (Fsp3) is 0.818. The summed E-state index contributed by atoms with van der Waals surface area (Å²) in [4.78, 5) is 4.25. The Hall–Kier alpha value is -0.940. The quantitative estimate of drug-likeness (QED) is 0.790. The third-order valence-electron chi connectivity index (χ3n) is 2.33. The van der Waals surface area contributed by atoms with Crippen LogP contribution in [-0.4, -0.2) is 33.5 Å². The van der Waals surface area contributed by atoms with Crippen LogP contribution in [0.5, 0.6) is 0 Å². The second kappa shape index (κ2) is 5.41. The molecule has 1 heterocycles. The molecule has 5 nitrogen and oxygen atoms in total. The van der Waals surface area contributed by atoms with Crippen molar-refractivity contribution >= 4 is 0 Å². The van der Waals surface area contributed by atoms with E-state index in [2.05, 4.69) is 23.9 Å². The molecule has 1 atom stereocenters. The molecule has 0 saturated heterocycles. The third-order valence-corrected chi connectivity index (χ3v) is 2.33. The van der Waals surface area contributed by atoms with E-state index in [0.29, 0.717) is 25.7 Å². The maximum atomic E-state index is 6.16. The molecular weight excluding hydrogens is 204 g/mol. The molecule has 16 heavy (non-hydrogen) atoms. The number of nitrogens with zero attached hydrogens (tertiary/aromatic N) is 3. The molecular formula is C11H22N4O. The van der Waals surface area contributed by atoms with Crippen LogP contribution in [0, 0.1) is 0 Å². The van der Waals surface area contributed by atoms with Crippen LogP contribution in [0.3, 0.4) is 0 Å². The summed E-state index contributed by atoms with van der Waals surface area (Å²) in [5.74, 6) is 0.916. The summed E-state index contributed by atoms with van der Waals surface area (Å²) in [5.41, 5.74) is 5.76. The SMILES string of the molecule is CCOCC(C)(N)Cc1ncnn1C(C)C. The van der Waals surface area contributed by atoms with Crippen molar-refractivity contribution in [3.05, 3.63) is 12.2 Å². The first-order valence-electron chi connectivity index (χ1n) is 5.71. The van der Waals surface area contributed by atoms with Gasteiger partial charge in [0.1, 0.15) is 12.2 Å². The smallest absolute Gasteiger partial charge is 0.138 e. The third kappa shape index (κ3) is 3.57. The molecule has 92 valence electrons. The lowest BCUT2D eigenvalue weighted by atomic mass is 10.00. The topological polar surface area (TPSA) is 66.0 Å². The molecule has 1 unspecified atom stereocenters. The Kier molecular flexibility index (Phi) is 4.44.